The molecule has 0 bridgehead atoms. The van der Waals surface area contributed by atoms with E-state index in [4.69, 9.17) is 0 Å². The normalized spacial score (nSPS) is 15.7. The van der Waals surface area contributed by atoms with E-state index in [2.05, 4.69) is 5.32 Å². The smallest absolute Gasteiger partial charge is 0.223 e. The number of nitrogens with zero attached hydrogens (tertiary/aromatic N) is 1. The molecule has 1 N–H and O–H groups in total. The Kier molecular flexibility index (Phi) is 4.56. The molecule has 0 aromatic heterocycles. The molecule has 1 aliphatic rings. The van der Waals surface area contributed by atoms with Crippen molar-refractivity contribution in [1.82, 2.24) is 0 Å². The highest BCUT2D eigenvalue weighted by Crippen LogP contribution is 2.30. The van der Waals surface area contributed by atoms with Gasteiger partial charge in [-0.25, -0.2) is 8.42 Å². The molecule has 2 rings (SSSR count). The molecule has 0 radical (unpaired) electrons. The van der Waals surface area contributed by atoms with Gasteiger partial charge in [-0.1, -0.05) is 6.92 Å². The molecule has 1 unspecified atom stereocenters. The maximum absolute atomic E-state index is 11.6. The molecule has 116 valence electrons. The Balaban J connectivity index is 2.09. The van der Waals surface area contributed by atoms with E-state index in [0.717, 1.165) is 23.4 Å². The van der Waals surface area contributed by atoms with Gasteiger partial charge in [-0.3, -0.25) is 4.79 Å². The zero-order chi connectivity index (χ0) is 15.6. The molecule has 1 heterocycles. The second-order valence-corrected chi connectivity index (χ2v) is 7.91. The van der Waals surface area contributed by atoms with E-state index < -0.39 is 9.84 Å². The Morgan fingerprint density at radius 1 is 1.43 bits per heavy atom. The fourth-order valence-electron chi connectivity index (χ4n) is 2.64. The number of rotatable bonds is 5. The van der Waals surface area contributed by atoms with Crippen LogP contribution in [0.15, 0.2) is 18.2 Å². The summed E-state index contributed by atoms with van der Waals surface area (Å²) in [7, 11) is -2.99. The lowest BCUT2D eigenvalue weighted by Gasteiger charge is -2.17. The van der Waals surface area contributed by atoms with Gasteiger partial charge in [0.1, 0.15) is 0 Å². The summed E-state index contributed by atoms with van der Waals surface area (Å²) < 4.78 is 23.2. The van der Waals surface area contributed by atoms with Crippen molar-refractivity contribution in [2.24, 2.45) is 0 Å². The third-order valence-corrected chi connectivity index (χ3v) is 5.60. The number of sulfone groups is 1. The largest absolute Gasteiger partial charge is 0.382 e. The van der Waals surface area contributed by atoms with E-state index in [0.29, 0.717) is 6.54 Å². The molecule has 1 amide bonds. The number of anilines is 2. The molecule has 0 saturated carbocycles. The van der Waals surface area contributed by atoms with Crippen LogP contribution in [-0.4, -0.2) is 38.4 Å². The number of fused-ring (bicyclic) bond motifs is 1. The van der Waals surface area contributed by atoms with Crippen LogP contribution in [0.4, 0.5) is 11.4 Å². The van der Waals surface area contributed by atoms with Crippen molar-refractivity contribution in [2.75, 3.05) is 28.3 Å². The maximum Gasteiger partial charge on any atom is 0.223 e. The summed E-state index contributed by atoms with van der Waals surface area (Å²) in [6.45, 7) is 5.81. The predicted octanol–water partition coefficient (Wildman–Crippen LogP) is 1.83. The van der Waals surface area contributed by atoms with Crippen LogP contribution < -0.4 is 10.2 Å². The molecule has 1 aromatic carbocycles. The van der Waals surface area contributed by atoms with Gasteiger partial charge in [0, 0.05) is 36.6 Å². The Hall–Kier alpha value is -1.56. The molecular weight excluding hydrogens is 288 g/mol. The minimum absolute atomic E-state index is 0.0527. The first-order valence-electron chi connectivity index (χ1n) is 7.20. The summed E-state index contributed by atoms with van der Waals surface area (Å²) in [5.41, 5.74) is 2.99. The monoisotopic (exact) mass is 310 g/mol. The van der Waals surface area contributed by atoms with Crippen LogP contribution in [0.3, 0.4) is 0 Å². The van der Waals surface area contributed by atoms with Crippen LogP contribution in [0.25, 0.3) is 0 Å². The molecule has 0 aliphatic carbocycles. The highest BCUT2D eigenvalue weighted by atomic mass is 32.2. The van der Waals surface area contributed by atoms with E-state index in [1.165, 1.54) is 0 Å². The van der Waals surface area contributed by atoms with E-state index in [-0.39, 0.29) is 23.5 Å². The average Bonchev–Trinajstić information content (AvgIpc) is 2.81. The molecule has 1 atom stereocenters. The summed E-state index contributed by atoms with van der Waals surface area (Å²) in [4.78, 5) is 13.3. The van der Waals surface area contributed by atoms with Gasteiger partial charge in [0.15, 0.2) is 9.84 Å². The van der Waals surface area contributed by atoms with Crippen molar-refractivity contribution in [1.29, 1.82) is 0 Å². The van der Waals surface area contributed by atoms with Crippen LogP contribution in [-0.2, 0) is 21.1 Å². The molecular formula is C15H22N2O3S. The Morgan fingerprint density at radius 2 is 2.14 bits per heavy atom. The lowest BCUT2D eigenvalue weighted by atomic mass is 10.1. The molecule has 21 heavy (non-hydrogen) atoms. The van der Waals surface area contributed by atoms with Gasteiger partial charge in [-0.05, 0) is 37.1 Å². The first-order valence-corrected chi connectivity index (χ1v) is 9.02. The number of nitrogens with one attached hydrogen (secondary N) is 1. The second kappa shape index (κ2) is 6.05. The molecule has 1 aliphatic heterocycles. The van der Waals surface area contributed by atoms with Gasteiger partial charge in [0.25, 0.3) is 0 Å². The molecule has 5 nitrogen and oxygen atoms in total. The van der Waals surface area contributed by atoms with Gasteiger partial charge in [0.2, 0.25) is 5.91 Å². The summed E-state index contributed by atoms with van der Waals surface area (Å²) >= 11 is 0. The number of benzene rings is 1. The number of carbonyl (C=O) groups excluding carboxylic acids is 1. The van der Waals surface area contributed by atoms with Gasteiger partial charge in [0.05, 0.1) is 5.75 Å². The Labute approximate surface area is 126 Å². The van der Waals surface area contributed by atoms with E-state index in [1.807, 2.05) is 25.1 Å². The van der Waals surface area contributed by atoms with Crippen molar-refractivity contribution in [3.63, 3.8) is 0 Å². The Bertz CT molecular complexity index is 640. The first kappa shape index (κ1) is 15.8. The van der Waals surface area contributed by atoms with Crippen LogP contribution in [0.2, 0.25) is 0 Å². The van der Waals surface area contributed by atoms with Gasteiger partial charge in [-0.2, -0.15) is 0 Å². The molecule has 0 saturated heterocycles. The summed E-state index contributed by atoms with van der Waals surface area (Å²) in [6, 6.07) is 5.69. The van der Waals surface area contributed by atoms with Crippen molar-refractivity contribution in [2.45, 2.75) is 33.2 Å². The van der Waals surface area contributed by atoms with Gasteiger partial charge >= 0.3 is 0 Å². The van der Waals surface area contributed by atoms with Gasteiger partial charge in [-0.15, -0.1) is 0 Å². The fraction of sp³-hybridized carbons (Fsp3) is 0.533. The number of amides is 1. The Morgan fingerprint density at radius 3 is 2.76 bits per heavy atom. The zero-order valence-corrected chi connectivity index (χ0v) is 13.5. The molecule has 0 spiro atoms. The highest BCUT2D eigenvalue weighted by molar-refractivity contribution is 7.91. The highest BCUT2D eigenvalue weighted by Gasteiger charge is 2.22. The topological polar surface area (TPSA) is 66.5 Å². The van der Waals surface area contributed by atoms with E-state index >= 15 is 0 Å². The van der Waals surface area contributed by atoms with Crippen LogP contribution >= 0.6 is 0 Å². The number of hydrogen-bond acceptors (Lipinski definition) is 4. The minimum Gasteiger partial charge on any atom is -0.382 e. The average molecular weight is 310 g/mol. The summed E-state index contributed by atoms with van der Waals surface area (Å²) in [6.07, 6.45) is 0.839. The lowest BCUT2D eigenvalue weighted by molar-refractivity contribution is -0.116. The van der Waals surface area contributed by atoms with E-state index in [9.17, 15) is 13.2 Å². The van der Waals surface area contributed by atoms with Crippen molar-refractivity contribution < 1.29 is 13.2 Å². The number of hydrogen-bond donors (Lipinski definition) is 1. The van der Waals surface area contributed by atoms with Crippen molar-refractivity contribution >= 4 is 27.1 Å². The SMILES string of the molecule is CCS(=O)(=O)CC(C)Nc1ccc2c(c1)CCN2C(C)=O. The quantitative estimate of drug-likeness (QED) is 0.901. The standard InChI is InChI=1S/C15H22N2O3S/c1-4-21(19,20)10-11(2)16-14-5-6-15-13(9-14)7-8-17(15)12(3)18/h5-6,9,11,16H,4,7-8,10H2,1-3H3. The summed E-state index contributed by atoms with van der Waals surface area (Å²) in [5, 5.41) is 3.22. The molecule has 6 heteroatoms. The maximum atomic E-state index is 11.6. The third-order valence-electron chi connectivity index (χ3n) is 3.71. The summed E-state index contributed by atoms with van der Waals surface area (Å²) in [5.74, 6) is 0.341. The minimum atomic E-state index is -2.99. The molecule has 1 aromatic rings. The predicted molar refractivity (Wildman–Crippen MR) is 85.6 cm³/mol. The van der Waals surface area contributed by atoms with Crippen molar-refractivity contribution in [3.05, 3.63) is 23.8 Å². The molecule has 0 fully saturated rings. The lowest BCUT2D eigenvalue weighted by Crippen LogP contribution is -2.27. The van der Waals surface area contributed by atoms with Crippen LogP contribution in [0, 0.1) is 0 Å². The number of carbonyl (C=O) groups is 1. The fourth-order valence-corrected chi connectivity index (χ4v) is 3.72. The zero-order valence-electron chi connectivity index (χ0n) is 12.7. The van der Waals surface area contributed by atoms with Crippen molar-refractivity contribution in [3.8, 4) is 0 Å². The van der Waals surface area contributed by atoms with E-state index in [1.54, 1.807) is 18.7 Å². The third kappa shape index (κ3) is 3.75. The van der Waals surface area contributed by atoms with Gasteiger partial charge < -0.3 is 10.2 Å². The second-order valence-electron chi connectivity index (χ2n) is 5.51. The first-order chi connectivity index (χ1) is 9.82. The van der Waals surface area contributed by atoms with Crippen LogP contribution in [0.1, 0.15) is 26.3 Å². The van der Waals surface area contributed by atoms with Crippen LogP contribution in [0.5, 0.6) is 0 Å².